The van der Waals surface area contributed by atoms with Gasteiger partial charge in [-0.05, 0) is 13.0 Å². The number of H-pyrrole nitrogens is 1. The molecule has 0 bridgehead atoms. The zero-order valence-corrected chi connectivity index (χ0v) is 20.9. The lowest BCUT2D eigenvalue weighted by Gasteiger charge is -2.18. The number of aromatic amines is 1. The van der Waals surface area contributed by atoms with Crippen molar-refractivity contribution in [3.63, 3.8) is 0 Å². The van der Waals surface area contributed by atoms with Crippen LogP contribution in [0.4, 0.5) is 8.78 Å². The summed E-state index contributed by atoms with van der Waals surface area (Å²) in [4.78, 5) is 24.8. The fourth-order valence-electron chi connectivity index (χ4n) is 3.83. The van der Waals surface area contributed by atoms with Crippen LogP contribution in [0.25, 0.3) is 22.3 Å². The summed E-state index contributed by atoms with van der Waals surface area (Å²) < 4.78 is 38.2. The fourth-order valence-corrected chi connectivity index (χ4v) is 4.78. The first-order valence-corrected chi connectivity index (χ1v) is 12.2. The molecule has 190 valence electrons. The fraction of sp³-hybridized carbons (Fsp3) is 0.391. The van der Waals surface area contributed by atoms with E-state index in [-0.39, 0.29) is 41.9 Å². The molecule has 1 aromatic carbocycles. The van der Waals surface area contributed by atoms with Crippen LogP contribution in [0.15, 0.2) is 23.5 Å². The van der Waals surface area contributed by atoms with Gasteiger partial charge in [-0.1, -0.05) is 23.4 Å². The summed E-state index contributed by atoms with van der Waals surface area (Å²) in [5.41, 5.74) is 1.36. The number of carboxylic acids is 1. The average Bonchev–Trinajstić information content (AvgIpc) is 3.41. The Hall–Kier alpha value is -3.14. The second kappa shape index (κ2) is 10.5. The van der Waals surface area contributed by atoms with Gasteiger partial charge < -0.3 is 19.6 Å². The first-order valence-electron chi connectivity index (χ1n) is 10.9. The van der Waals surface area contributed by atoms with Crippen LogP contribution < -0.4 is 9.47 Å². The van der Waals surface area contributed by atoms with Crippen LogP contribution in [0.3, 0.4) is 0 Å². The van der Waals surface area contributed by atoms with Crippen LogP contribution in [-0.2, 0) is 4.79 Å². The third kappa shape index (κ3) is 5.48. The summed E-state index contributed by atoms with van der Waals surface area (Å²) in [5.74, 6) is -3.06. The number of benzene rings is 1. The highest BCUT2D eigenvalue weighted by atomic mass is 35.5. The Morgan fingerprint density at radius 3 is 2.83 bits per heavy atom. The van der Waals surface area contributed by atoms with E-state index in [1.807, 2.05) is 0 Å². The summed E-state index contributed by atoms with van der Waals surface area (Å²) in [5, 5.41) is 18.9. The lowest BCUT2D eigenvalue weighted by atomic mass is 10.1. The van der Waals surface area contributed by atoms with Crippen molar-refractivity contribution >= 4 is 40.4 Å². The standard InChI is InChI=1S/C23H22ClF2N5O4S/c1-12(21(32)33)36-22-29-19(18-13(9-27)10-28-20(18)30-22)14-7-17(16(34-2)8-15(14)24)35-6-5-31-4-3-23(25,26)11-31/h7-8,10,12H,3-6,11H2,1-2H3,(H,32,33)(H,28,29,30). The molecule has 9 nitrogen and oxygen atoms in total. The lowest BCUT2D eigenvalue weighted by molar-refractivity contribution is -0.136. The van der Waals surface area contributed by atoms with E-state index < -0.39 is 17.1 Å². The maximum Gasteiger partial charge on any atom is 0.316 e. The van der Waals surface area contributed by atoms with E-state index in [2.05, 4.69) is 21.0 Å². The van der Waals surface area contributed by atoms with E-state index in [1.54, 1.807) is 11.0 Å². The Balaban J connectivity index is 1.71. The molecule has 0 amide bonds. The average molecular weight is 538 g/mol. The van der Waals surface area contributed by atoms with Gasteiger partial charge >= 0.3 is 5.97 Å². The molecule has 2 N–H and O–H groups in total. The number of likely N-dealkylation sites (tertiary alicyclic amines) is 1. The molecule has 1 atom stereocenters. The highest BCUT2D eigenvalue weighted by Gasteiger charge is 2.37. The molecule has 1 aliphatic heterocycles. The molecular formula is C23H22ClF2N5O4S. The van der Waals surface area contributed by atoms with Gasteiger partial charge in [-0.2, -0.15) is 5.26 Å². The van der Waals surface area contributed by atoms with Gasteiger partial charge in [0.05, 0.1) is 35.3 Å². The number of hydrogen-bond acceptors (Lipinski definition) is 8. The van der Waals surface area contributed by atoms with E-state index in [0.29, 0.717) is 40.3 Å². The smallest absolute Gasteiger partial charge is 0.316 e. The highest BCUT2D eigenvalue weighted by Crippen LogP contribution is 2.41. The first-order chi connectivity index (χ1) is 17.1. The number of aromatic nitrogens is 3. The number of rotatable bonds is 9. The second-order valence-electron chi connectivity index (χ2n) is 8.20. The summed E-state index contributed by atoms with van der Waals surface area (Å²) in [7, 11) is 1.45. The van der Waals surface area contributed by atoms with Crippen molar-refractivity contribution in [3.8, 4) is 28.8 Å². The molecule has 13 heteroatoms. The zero-order valence-electron chi connectivity index (χ0n) is 19.3. The van der Waals surface area contributed by atoms with Gasteiger partial charge in [-0.25, -0.2) is 18.7 Å². The number of hydrogen-bond donors (Lipinski definition) is 2. The summed E-state index contributed by atoms with van der Waals surface area (Å²) in [6.07, 6.45) is 1.31. The zero-order chi connectivity index (χ0) is 26.0. The summed E-state index contributed by atoms with van der Waals surface area (Å²) in [6.45, 7) is 1.93. The Kier molecular flexibility index (Phi) is 7.54. The summed E-state index contributed by atoms with van der Waals surface area (Å²) in [6, 6.07) is 5.23. The van der Waals surface area contributed by atoms with Crippen molar-refractivity contribution < 1.29 is 28.2 Å². The SMILES string of the molecule is COc1cc(Cl)c(-c2nc(SC(C)C(=O)O)nc3[nH]cc(C#N)c23)cc1OCCN1CCC(F)(F)C1. The third-order valence-electron chi connectivity index (χ3n) is 5.68. The van der Waals surface area contributed by atoms with Crippen LogP contribution >= 0.6 is 23.4 Å². The molecule has 0 aliphatic carbocycles. The molecule has 3 aromatic rings. The normalized spacial score (nSPS) is 16.1. The van der Waals surface area contributed by atoms with Crippen molar-refractivity contribution in [2.75, 3.05) is 33.4 Å². The van der Waals surface area contributed by atoms with Crippen molar-refractivity contribution in [2.24, 2.45) is 0 Å². The molecule has 0 spiro atoms. The number of alkyl halides is 2. The van der Waals surface area contributed by atoms with Crippen molar-refractivity contribution in [3.05, 3.63) is 28.9 Å². The number of nitriles is 1. The van der Waals surface area contributed by atoms with Gasteiger partial charge in [0.15, 0.2) is 16.7 Å². The Morgan fingerprint density at radius 1 is 1.42 bits per heavy atom. The van der Waals surface area contributed by atoms with Crippen LogP contribution in [0.5, 0.6) is 11.5 Å². The van der Waals surface area contributed by atoms with E-state index in [9.17, 15) is 23.9 Å². The minimum absolute atomic E-state index is 0.136. The molecule has 0 radical (unpaired) electrons. The molecule has 2 aromatic heterocycles. The number of ether oxygens (including phenoxy) is 2. The van der Waals surface area contributed by atoms with Crippen LogP contribution in [-0.4, -0.2) is 75.5 Å². The predicted molar refractivity (Wildman–Crippen MR) is 130 cm³/mol. The van der Waals surface area contributed by atoms with E-state index in [0.717, 1.165) is 11.8 Å². The molecule has 1 fully saturated rings. The van der Waals surface area contributed by atoms with E-state index in [1.165, 1.54) is 26.3 Å². The number of fused-ring (bicyclic) bond motifs is 1. The van der Waals surface area contributed by atoms with Crippen LogP contribution in [0.1, 0.15) is 18.9 Å². The van der Waals surface area contributed by atoms with Gasteiger partial charge in [0, 0.05) is 37.3 Å². The molecule has 4 rings (SSSR count). The third-order valence-corrected chi connectivity index (χ3v) is 6.94. The van der Waals surface area contributed by atoms with Gasteiger partial charge in [-0.3, -0.25) is 9.69 Å². The van der Waals surface area contributed by atoms with Gasteiger partial charge in [0.2, 0.25) is 0 Å². The number of carboxylic acid groups (broad SMARTS) is 1. The molecular weight excluding hydrogens is 516 g/mol. The Bertz CT molecular complexity index is 1350. The maximum atomic E-state index is 13.5. The van der Waals surface area contributed by atoms with Crippen LogP contribution in [0, 0.1) is 11.3 Å². The number of thioether (sulfide) groups is 1. The lowest BCUT2D eigenvalue weighted by Crippen LogP contribution is -2.29. The van der Waals surface area contributed by atoms with E-state index >= 15 is 0 Å². The molecule has 36 heavy (non-hydrogen) atoms. The Morgan fingerprint density at radius 2 is 2.19 bits per heavy atom. The number of nitrogens with one attached hydrogen (secondary N) is 1. The van der Waals surface area contributed by atoms with Crippen molar-refractivity contribution in [1.29, 1.82) is 5.26 Å². The second-order valence-corrected chi connectivity index (χ2v) is 9.92. The quantitative estimate of drug-likeness (QED) is 0.301. The number of halogens is 3. The van der Waals surface area contributed by atoms with Gasteiger partial charge in [0.1, 0.15) is 23.6 Å². The number of methoxy groups -OCH3 is 1. The largest absolute Gasteiger partial charge is 0.493 e. The predicted octanol–water partition coefficient (Wildman–Crippen LogP) is 4.44. The topological polar surface area (TPSA) is 124 Å². The highest BCUT2D eigenvalue weighted by molar-refractivity contribution is 8.00. The Labute approximate surface area is 214 Å². The number of carbonyl (C=O) groups is 1. The number of nitrogens with zero attached hydrogens (tertiary/aromatic N) is 4. The van der Waals surface area contributed by atoms with Gasteiger partial charge in [0.25, 0.3) is 5.92 Å². The first kappa shape index (κ1) is 25.9. The van der Waals surface area contributed by atoms with Crippen molar-refractivity contribution in [1.82, 2.24) is 19.9 Å². The molecule has 0 saturated carbocycles. The monoisotopic (exact) mass is 537 g/mol. The molecule has 1 aliphatic rings. The van der Waals surface area contributed by atoms with Crippen molar-refractivity contribution in [2.45, 2.75) is 29.7 Å². The molecule has 3 heterocycles. The van der Waals surface area contributed by atoms with Gasteiger partial charge in [-0.15, -0.1) is 0 Å². The maximum absolute atomic E-state index is 13.5. The van der Waals surface area contributed by atoms with E-state index in [4.69, 9.17) is 21.1 Å². The number of aliphatic carboxylic acids is 1. The minimum atomic E-state index is -2.69. The molecule has 1 saturated heterocycles. The van der Waals surface area contributed by atoms with Crippen LogP contribution in [0.2, 0.25) is 5.02 Å². The molecule has 1 unspecified atom stereocenters. The summed E-state index contributed by atoms with van der Waals surface area (Å²) >= 11 is 7.52. The minimum Gasteiger partial charge on any atom is -0.493 e.